The first kappa shape index (κ1) is 46.0. The second-order valence-electron chi connectivity index (χ2n) is 15.7. The van der Waals surface area contributed by atoms with Gasteiger partial charge in [0.15, 0.2) is 0 Å². The van der Waals surface area contributed by atoms with Crippen LogP contribution in [-0.2, 0) is 40.7 Å². The van der Waals surface area contributed by atoms with E-state index in [4.69, 9.17) is 18.4 Å². The zero-order valence-corrected chi connectivity index (χ0v) is 36.2. The molecular formula is C52H66O6S. The largest absolute Gasteiger partial charge is 0.376 e. The summed E-state index contributed by atoms with van der Waals surface area (Å²) < 4.78 is 53.6. The van der Waals surface area contributed by atoms with Crippen LogP contribution < -0.4 is 0 Å². The van der Waals surface area contributed by atoms with E-state index >= 15 is 0 Å². The van der Waals surface area contributed by atoms with E-state index < -0.39 is 21.8 Å². The molecular weight excluding hydrogens is 753 g/mol. The number of unbranched alkanes of at least 4 members (excludes halogenated alkanes) is 11. The average Bonchev–Trinajstić information content (AvgIpc) is 3.27. The van der Waals surface area contributed by atoms with Crippen molar-refractivity contribution in [3.05, 3.63) is 173 Å². The van der Waals surface area contributed by atoms with Gasteiger partial charge in [0.25, 0.3) is 10.1 Å². The van der Waals surface area contributed by atoms with Crippen molar-refractivity contribution in [1.82, 2.24) is 0 Å². The predicted octanol–water partition coefficient (Wildman–Crippen LogP) is 12.8. The number of ether oxygens (including phenoxy) is 3. The van der Waals surface area contributed by atoms with Crippen molar-refractivity contribution in [1.29, 1.82) is 0 Å². The van der Waals surface area contributed by atoms with Crippen LogP contribution in [0.4, 0.5) is 0 Å². The van der Waals surface area contributed by atoms with E-state index in [1.165, 1.54) is 64.2 Å². The van der Waals surface area contributed by atoms with Gasteiger partial charge in [-0.3, -0.25) is 4.18 Å². The summed E-state index contributed by atoms with van der Waals surface area (Å²) in [5.74, 6) is 0. The van der Waals surface area contributed by atoms with Crippen LogP contribution in [0.2, 0.25) is 0 Å². The third-order valence-electron chi connectivity index (χ3n) is 10.9. The fourth-order valence-electron chi connectivity index (χ4n) is 7.58. The molecule has 0 spiro atoms. The molecule has 5 aromatic carbocycles. The molecule has 0 aliphatic rings. The lowest BCUT2D eigenvalue weighted by Crippen LogP contribution is -2.38. The van der Waals surface area contributed by atoms with Crippen molar-refractivity contribution in [3.63, 3.8) is 0 Å². The lowest BCUT2D eigenvalue weighted by molar-refractivity contribution is -0.0749. The molecule has 5 rings (SSSR count). The van der Waals surface area contributed by atoms with Gasteiger partial charge in [-0.05, 0) is 47.7 Å². The van der Waals surface area contributed by atoms with Crippen LogP contribution >= 0.6 is 0 Å². The molecule has 0 fully saturated rings. The molecule has 0 amide bonds. The minimum atomic E-state index is -4.16. The highest BCUT2D eigenvalue weighted by Gasteiger charge is 2.39. The molecule has 0 aliphatic carbocycles. The zero-order chi connectivity index (χ0) is 41.4. The first-order valence-electron chi connectivity index (χ1n) is 21.9. The summed E-state index contributed by atoms with van der Waals surface area (Å²) in [5, 5.41) is 0. The van der Waals surface area contributed by atoms with Gasteiger partial charge in [0, 0.05) is 0 Å². The Morgan fingerprint density at radius 3 is 1.44 bits per heavy atom. The summed E-state index contributed by atoms with van der Waals surface area (Å²) >= 11 is 0. The highest BCUT2D eigenvalue weighted by Crippen LogP contribution is 2.40. The Hall–Kier alpha value is -4.11. The van der Waals surface area contributed by atoms with E-state index in [1.54, 1.807) is 24.3 Å². The normalized spacial score (nSPS) is 13.0. The summed E-state index contributed by atoms with van der Waals surface area (Å²) in [7, 11) is -4.16. The molecule has 59 heavy (non-hydrogen) atoms. The summed E-state index contributed by atoms with van der Waals surface area (Å²) in [6, 6.07) is 47.0. The number of hydrogen-bond acceptors (Lipinski definition) is 6. The van der Waals surface area contributed by atoms with Gasteiger partial charge in [-0.15, -0.1) is 0 Å². The Labute approximate surface area is 355 Å². The maximum Gasteiger partial charge on any atom is 0.297 e. The smallest absolute Gasteiger partial charge is 0.297 e. The summed E-state index contributed by atoms with van der Waals surface area (Å²) in [5.41, 5.74) is 3.74. The summed E-state index contributed by atoms with van der Waals surface area (Å²) in [6.45, 7) is 4.89. The van der Waals surface area contributed by atoms with Crippen molar-refractivity contribution >= 4 is 10.1 Å². The van der Waals surface area contributed by atoms with E-state index in [0.29, 0.717) is 13.2 Å². The molecule has 2 atom stereocenters. The molecule has 5 aromatic rings. The monoisotopic (exact) mass is 818 g/mol. The molecule has 0 aliphatic heterocycles. The summed E-state index contributed by atoms with van der Waals surface area (Å²) in [6.07, 6.45) is 15.2. The number of hydrogen-bond donors (Lipinski definition) is 0. The Morgan fingerprint density at radius 1 is 0.508 bits per heavy atom. The van der Waals surface area contributed by atoms with E-state index in [-0.39, 0.29) is 24.2 Å². The topological polar surface area (TPSA) is 71.1 Å². The van der Waals surface area contributed by atoms with Crippen molar-refractivity contribution in [2.45, 2.75) is 127 Å². The zero-order valence-electron chi connectivity index (χ0n) is 35.4. The molecule has 0 heterocycles. The molecule has 7 heteroatoms. The van der Waals surface area contributed by atoms with Crippen LogP contribution in [0.15, 0.2) is 150 Å². The molecule has 2 unspecified atom stereocenters. The van der Waals surface area contributed by atoms with Crippen molar-refractivity contribution in [3.8, 4) is 0 Å². The third kappa shape index (κ3) is 15.1. The van der Waals surface area contributed by atoms with Gasteiger partial charge < -0.3 is 14.2 Å². The number of aryl methyl sites for hydroxylation is 1. The minimum absolute atomic E-state index is 0.0107. The van der Waals surface area contributed by atoms with Crippen molar-refractivity contribution < 1.29 is 26.8 Å². The van der Waals surface area contributed by atoms with Crippen molar-refractivity contribution in [2.75, 3.05) is 19.8 Å². The molecule has 0 radical (unpaired) electrons. The Morgan fingerprint density at radius 2 is 0.949 bits per heavy atom. The predicted molar refractivity (Wildman–Crippen MR) is 240 cm³/mol. The molecule has 0 bridgehead atoms. The Kier molecular flexibility index (Phi) is 19.9. The van der Waals surface area contributed by atoms with Crippen molar-refractivity contribution in [2.24, 2.45) is 0 Å². The van der Waals surface area contributed by atoms with E-state index in [2.05, 4.69) is 19.1 Å². The van der Waals surface area contributed by atoms with E-state index in [1.807, 2.05) is 116 Å². The van der Waals surface area contributed by atoms with Crippen LogP contribution in [0.3, 0.4) is 0 Å². The van der Waals surface area contributed by atoms with Gasteiger partial charge in [-0.2, -0.15) is 8.42 Å². The third-order valence-corrected chi connectivity index (χ3v) is 12.3. The van der Waals surface area contributed by atoms with Gasteiger partial charge in [0.05, 0.1) is 37.4 Å². The molecule has 0 saturated heterocycles. The van der Waals surface area contributed by atoms with Gasteiger partial charge in [-0.1, -0.05) is 223 Å². The second-order valence-corrected chi connectivity index (χ2v) is 17.3. The van der Waals surface area contributed by atoms with Crippen LogP contribution in [0, 0.1) is 6.92 Å². The van der Waals surface area contributed by atoms with Crippen LogP contribution in [-0.4, -0.2) is 40.4 Å². The maximum absolute atomic E-state index is 13.8. The first-order chi connectivity index (χ1) is 28.9. The van der Waals surface area contributed by atoms with Gasteiger partial charge in [0.1, 0.15) is 11.7 Å². The Bertz CT molecular complexity index is 1840. The van der Waals surface area contributed by atoms with E-state index in [0.717, 1.165) is 47.1 Å². The van der Waals surface area contributed by atoms with Crippen LogP contribution in [0.25, 0.3) is 0 Å². The summed E-state index contributed by atoms with van der Waals surface area (Å²) in [4.78, 5) is 0.0876. The van der Waals surface area contributed by atoms with Crippen LogP contribution in [0.1, 0.15) is 118 Å². The molecule has 316 valence electrons. The highest BCUT2D eigenvalue weighted by atomic mass is 32.2. The SMILES string of the molecule is CCCCCCCCCCCCCCC(COCC(COC(c1ccccc1)(c1ccccc1)c1ccccc1)OS(=O)(=O)c1ccc(C)cc1)OCc1ccccc1. The standard InChI is InChI=1S/C52H66O6S/c1-3-4-5-6-7-8-9-10-11-12-13-26-35-49(56-40-45-27-18-14-19-28-45)41-55-42-50(58-59(53,54)51-38-36-44(2)37-39-51)43-57-52(46-29-20-15-21-30-46,47-31-22-16-23-32-47)48-33-24-17-25-34-48/h14-25,27-34,36-39,49-50H,3-13,26,35,40-43H2,1-2H3. The molecule has 0 N–H and O–H groups in total. The lowest BCUT2D eigenvalue weighted by Gasteiger charge is -2.37. The molecule has 0 saturated carbocycles. The van der Waals surface area contributed by atoms with Gasteiger partial charge >= 0.3 is 0 Å². The maximum atomic E-state index is 13.8. The fraction of sp³-hybridized carbons (Fsp3) is 0.423. The quantitative estimate of drug-likeness (QED) is 0.0272. The average molecular weight is 819 g/mol. The molecule has 6 nitrogen and oxygen atoms in total. The molecule has 0 aromatic heterocycles. The van der Waals surface area contributed by atoms with Gasteiger partial charge in [0.2, 0.25) is 0 Å². The van der Waals surface area contributed by atoms with Gasteiger partial charge in [-0.25, -0.2) is 0 Å². The second kappa shape index (κ2) is 25.5. The first-order valence-corrected chi connectivity index (χ1v) is 23.4. The Balaban J connectivity index is 1.29. The number of benzene rings is 5. The minimum Gasteiger partial charge on any atom is -0.376 e. The fourth-order valence-corrected chi connectivity index (χ4v) is 8.63. The highest BCUT2D eigenvalue weighted by molar-refractivity contribution is 7.86. The lowest BCUT2D eigenvalue weighted by atomic mass is 9.80. The van der Waals surface area contributed by atoms with Crippen LogP contribution in [0.5, 0.6) is 0 Å². The number of rotatable bonds is 29. The van der Waals surface area contributed by atoms with E-state index in [9.17, 15) is 8.42 Å².